The van der Waals surface area contributed by atoms with Crippen molar-refractivity contribution in [2.75, 3.05) is 27.7 Å². The molecule has 77 heavy (non-hydrogen) atoms. The van der Waals surface area contributed by atoms with Gasteiger partial charge in [-0.15, -0.1) is 0 Å². The molecule has 0 aromatic heterocycles. The van der Waals surface area contributed by atoms with Gasteiger partial charge in [0.1, 0.15) is 55.0 Å². The number of carbonyl (C=O) groups excluding carboxylic acids is 4. The van der Waals surface area contributed by atoms with E-state index >= 15 is 0 Å². The van der Waals surface area contributed by atoms with Gasteiger partial charge in [0.25, 0.3) is 0 Å². The van der Waals surface area contributed by atoms with E-state index in [4.69, 9.17) is 23.7 Å². The Morgan fingerprint density at radius 1 is 0.610 bits per heavy atom. The van der Waals surface area contributed by atoms with Crippen molar-refractivity contribution in [1.82, 2.24) is 20.9 Å². The molecule has 0 saturated heterocycles. The number of benzene rings is 6. The Balaban J connectivity index is 1.42. The van der Waals surface area contributed by atoms with Crippen LogP contribution in [0.1, 0.15) is 55.0 Å². The Hall–Kier alpha value is -7.87. The number of nitrogens with one attached hydrogen (secondary N) is 3. The number of aliphatic hydroxyl groups excluding tert-OH is 1. The Kier molecular flexibility index (Phi) is 20.7. The van der Waals surface area contributed by atoms with Crippen molar-refractivity contribution in [2.45, 2.75) is 89.7 Å². The molecule has 0 saturated carbocycles. The summed E-state index contributed by atoms with van der Waals surface area (Å²) in [5.74, 6) is -15.8. The van der Waals surface area contributed by atoms with E-state index in [-0.39, 0.29) is 51.4 Å². The van der Waals surface area contributed by atoms with E-state index in [0.717, 1.165) is 16.0 Å². The van der Waals surface area contributed by atoms with E-state index in [9.17, 15) is 46.2 Å². The number of hydrogen-bond acceptors (Lipinski definition) is 12. The number of ether oxygens (including phenoxy) is 5. The van der Waals surface area contributed by atoms with Gasteiger partial charge in [0.15, 0.2) is 0 Å². The first kappa shape index (κ1) is 58.4. The van der Waals surface area contributed by atoms with Crippen LogP contribution in [0, 0.1) is 29.1 Å². The summed E-state index contributed by atoms with van der Waals surface area (Å²) < 4.78 is 100. The second-order valence-electron chi connectivity index (χ2n) is 19.0. The molecule has 0 radical (unpaired) electrons. The number of aliphatic hydroxyl groups is 1. The van der Waals surface area contributed by atoms with Gasteiger partial charge in [-0.25, -0.2) is 27.6 Å². The Morgan fingerprint density at radius 3 is 1.55 bits per heavy atom. The molecule has 0 aliphatic heterocycles. The largest absolute Gasteiger partial charge is 0.489 e. The predicted molar refractivity (Wildman–Crippen MR) is 276 cm³/mol. The van der Waals surface area contributed by atoms with Crippen LogP contribution >= 0.6 is 0 Å². The molecule has 0 heterocycles. The highest BCUT2D eigenvalue weighted by Gasteiger charge is 2.36. The van der Waals surface area contributed by atoms with Crippen LogP contribution < -0.4 is 30.2 Å². The minimum atomic E-state index is -2.42. The number of hydrogen-bond donors (Lipinski definition) is 4. The van der Waals surface area contributed by atoms with Crippen molar-refractivity contribution in [3.63, 3.8) is 0 Å². The van der Waals surface area contributed by atoms with Crippen molar-refractivity contribution in [3.05, 3.63) is 184 Å². The van der Waals surface area contributed by atoms with Crippen molar-refractivity contribution in [3.8, 4) is 28.4 Å². The third kappa shape index (κ3) is 16.3. The summed E-state index contributed by atoms with van der Waals surface area (Å²) in [5.41, 5.74) is 3.13. The number of alkyl carbamates (subject to hydrolysis) is 1. The zero-order chi connectivity index (χ0) is 55.8. The molecule has 0 unspecified atom stereocenters. The predicted octanol–water partition coefficient (Wildman–Crippen LogP) is 8.92. The summed E-state index contributed by atoms with van der Waals surface area (Å²) in [6.07, 6.45) is -2.81. The lowest BCUT2D eigenvalue weighted by atomic mass is 9.95. The standard InChI is InChI=1S/C58H61F5N4O10/c1-58(2,3)77-57(72)66-43(30-42(68)31-64-4)54(69)67(6)45(56(71)75-34-37-20-14-9-15-21-37)29-41-27-39(23-25-47(41)74-33-36-18-12-8-13-19-36)38-22-24-46(73-32-35-16-10-7-11-17-35)40(26-38)28-44(65-5)55(70)76-53-51(62)49(60)48(59)50(61)52(53)63/h7-27,42-45,64-65,68H,28-34H2,1-6H3,(H,66,72)/t42-,43+,44+,45+/m1/s1. The molecule has 4 N–H and O–H groups in total. The lowest BCUT2D eigenvalue weighted by molar-refractivity contribution is -0.156. The Morgan fingerprint density at radius 2 is 1.08 bits per heavy atom. The van der Waals surface area contributed by atoms with Crippen LogP contribution in [0.3, 0.4) is 0 Å². The average molecular weight is 1070 g/mol. The second kappa shape index (κ2) is 27.3. The van der Waals surface area contributed by atoms with Crippen LogP contribution in [0.5, 0.6) is 17.2 Å². The third-order valence-electron chi connectivity index (χ3n) is 12.0. The minimum Gasteiger partial charge on any atom is -0.489 e. The molecule has 6 rings (SSSR count). The zero-order valence-electron chi connectivity index (χ0n) is 43.3. The maximum atomic E-state index is 14.7. The number of esters is 2. The topological polar surface area (TPSA) is 174 Å². The fourth-order valence-electron chi connectivity index (χ4n) is 8.03. The highest BCUT2D eigenvalue weighted by molar-refractivity contribution is 5.90. The van der Waals surface area contributed by atoms with Crippen LogP contribution in [0.15, 0.2) is 127 Å². The normalized spacial score (nSPS) is 12.9. The van der Waals surface area contributed by atoms with Gasteiger partial charge in [-0.05, 0) is 98.1 Å². The van der Waals surface area contributed by atoms with Crippen LogP contribution in [-0.4, -0.2) is 91.5 Å². The van der Waals surface area contributed by atoms with Crippen molar-refractivity contribution in [1.29, 1.82) is 0 Å². The van der Waals surface area contributed by atoms with E-state index in [1.54, 1.807) is 94.5 Å². The fraction of sp³-hybridized carbons (Fsp3) is 0.310. The molecular formula is C58H61F5N4O10. The van der Waals surface area contributed by atoms with Gasteiger partial charge in [0, 0.05) is 32.9 Å². The molecule has 4 atom stereocenters. The Bertz CT molecular complexity index is 2940. The number of nitrogens with zero attached hydrogens (tertiary/aromatic N) is 1. The average Bonchev–Trinajstić information content (AvgIpc) is 3.43. The van der Waals surface area contributed by atoms with Gasteiger partial charge in [-0.1, -0.05) is 103 Å². The summed E-state index contributed by atoms with van der Waals surface area (Å²) >= 11 is 0. The molecule has 0 spiro atoms. The summed E-state index contributed by atoms with van der Waals surface area (Å²) in [7, 11) is 4.33. The second-order valence-corrected chi connectivity index (χ2v) is 19.0. The lowest BCUT2D eigenvalue weighted by Crippen LogP contribution is -2.55. The SMILES string of the molecule is CNC[C@H](O)C[C@H](NC(=O)OC(C)(C)C)C(=O)N(C)[C@@H](Cc1cc(-c2ccc(OCc3ccccc3)c(C[C@H](NC)C(=O)Oc3c(F)c(F)c(F)c(F)c3F)c2)ccc1OCc1ccccc1)C(=O)OCc1ccccc1. The first-order chi connectivity index (χ1) is 36.8. The number of halogens is 5. The maximum absolute atomic E-state index is 14.7. The summed E-state index contributed by atoms with van der Waals surface area (Å²) in [5, 5.41) is 19.0. The molecule has 6 aromatic carbocycles. The molecule has 6 aromatic rings. The summed E-state index contributed by atoms with van der Waals surface area (Å²) in [6, 6.07) is 33.3. The molecule has 14 nitrogen and oxygen atoms in total. The van der Waals surface area contributed by atoms with Gasteiger partial charge < -0.3 is 49.6 Å². The fourth-order valence-corrected chi connectivity index (χ4v) is 8.03. The quantitative estimate of drug-likeness (QED) is 0.0149. The van der Waals surface area contributed by atoms with Crippen LogP contribution in [0.2, 0.25) is 0 Å². The van der Waals surface area contributed by atoms with E-state index in [2.05, 4.69) is 16.0 Å². The van der Waals surface area contributed by atoms with Crippen LogP contribution in [0.25, 0.3) is 11.1 Å². The molecule has 19 heteroatoms. The van der Waals surface area contributed by atoms with Crippen molar-refractivity contribution >= 4 is 23.9 Å². The van der Waals surface area contributed by atoms with E-state index in [1.807, 2.05) is 60.7 Å². The van der Waals surface area contributed by atoms with Gasteiger partial charge in [0.05, 0.1) is 6.10 Å². The molecule has 2 amide bonds. The smallest absolute Gasteiger partial charge is 0.408 e. The number of rotatable bonds is 24. The number of amides is 2. The minimum absolute atomic E-state index is 0.0700. The lowest BCUT2D eigenvalue weighted by Gasteiger charge is -2.32. The molecule has 408 valence electrons. The highest BCUT2D eigenvalue weighted by Crippen LogP contribution is 2.34. The maximum Gasteiger partial charge on any atom is 0.408 e. The van der Waals surface area contributed by atoms with E-state index in [1.165, 1.54) is 14.1 Å². The molecule has 0 aliphatic rings. The van der Waals surface area contributed by atoms with Crippen molar-refractivity contribution in [2.24, 2.45) is 0 Å². The van der Waals surface area contributed by atoms with Gasteiger partial charge in [-0.2, -0.15) is 8.78 Å². The van der Waals surface area contributed by atoms with Crippen molar-refractivity contribution < 1.29 is 69.9 Å². The third-order valence-corrected chi connectivity index (χ3v) is 12.0. The van der Waals surface area contributed by atoms with Gasteiger partial charge >= 0.3 is 18.0 Å². The van der Waals surface area contributed by atoms with Crippen LogP contribution in [-0.2, 0) is 56.5 Å². The molecule has 0 bridgehead atoms. The number of carbonyl (C=O) groups is 4. The summed E-state index contributed by atoms with van der Waals surface area (Å²) in [4.78, 5) is 57.1. The monoisotopic (exact) mass is 1070 g/mol. The first-order valence-electron chi connectivity index (χ1n) is 24.6. The summed E-state index contributed by atoms with van der Waals surface area (Å²) in [6.45, 7) is 5.04. The van der Waals surface area contributed by atoms with Gasteiger partial charge in [-0.3, -0.25) is 4.79 Å². The van der Waals surface area contributed by atoms with Gasteiger partial charge in [0.2, 0.25) is 40.7 Å². The van der Waals surface area contributed by atoms with E-state index < -0.39 is 88.6 Å². The zero-order valence-corrected chi connectivity index (χ0v) is 43.3. The highest BCUT2D eigenvalue weighted by atomic mass is 19.2. The Labute approximate surface area is 443 Å². The van der Waals surface area contributed by atoms with E-state index in [0.29, 0.717) is 33.6 Å². The number of likely N-dealkylation sites (N-methyl/N-ethyl adjacent to an activating group) is 3. The van der Waals surface area contributed by atoms with Crippen LogP contribution in [0.4, 0.5) is 26.7 Å². The first-order valence-corrected chi connectivity index (χ1v) is 24.6. The molecule has 0 fully saturated rings. The molecule has 0 aliphatic carbocycles. The molecular weight excluding hydrogens is 1010 g/mol.